The van der Waals surface area contributed by atoms with Crippen LogP contribution in [0.2, 0.25) is 0 Å². The quantitative estimate of drug-likeness (QED) is 0.852. The molecule has 1 heterocycles. The molecular formula is C17H25NS. The normalized spacial score (nSPS) is 25.7. The molecule has 1 aromatic rings. The largest absolute Gasteiger partial charge is 0.381 e. The fraction of sp³-hybridized carbons (Fsp3) is 0.647. The smallest absolute Gasteiger partial charge is 0.0403 e. The first-order valence-electron chi connectivity index (χ1n) is 7.62. The van der Waals surface area contributed by atoms with Gasteiger partial charge < -0.3 is 5.32 Å². The van der Waals surface area contributed by atoms with Crippen molar-refractivity contribution in [1.29, 1.82) is 0 Å². The Morgan fingerprint density at radius 2 is 2.05 bits per heavy atom. The molecule has 19 heavy (non-hydrogen) atoms. The number of hydrogen-bond donors (Lipinski definition) is 1. The number of rotatable bonds is 2. The zero-order valence-corrected chi connectivity index (χ0v) is 13.0. The maximum atomic E-state index is 3.88. The summed E-state index contributed by atoms with van der Waals surface area (Å²) in [6, 6.07) is 7.45. The summed E-state index contributed by atoms with van der Waals surface area (Å²) in [6.07, 6.45) is 6.58. The van der Waals surface area contributed by atoms with Crippen molar-refractivity contribution in [2.24, 2.45) is 5.41 Å². The third-order valence-corrected chi connectivity index (χ3v) is 5.91. The highest BCUT2D eigenvalue weighted by Crippen LogP contribution is 2.37. The minimum Gasteiger partial charge on any atom is -0.381 e. The summed E-state index contributed by atoms with van der Waals surface area (Å²) in [5, 5.41) is 3.88. The number of anilines is 1. The van der Waals surface area contributed by atoms with Crippen molar-refractivity contribution in [2.75, 3.05) is 16.8 Å². The average Bonchev–Trinajstić information content (AvgIpc) is 2.41. The summed E-state index contributed by atoms with van der Waals surface area (Å²) in [6.45, 7) is 4.83. The van der Waals surface area contributed by atoms with Crippen LogP contribution in [0.15, 0.2) is 18.2 Å². The lowest BCUT2D eigenvalue weighted by molar-refractivity contribution is 0.305. The van der Waals surface area contributed by atoms with Gasteiger partial charge in [0.1, 0.15) is 0 Å². The van der Waals surface area contributed by atoms with Crippen molar-refractivity contribution in [1.82, 2.24) is 0 Å². The molecule has 1 atom stereocenters. The summed E-state index contributed by atoms with van der Waals surface area (Å²) < 4.78 is 0. The van der Waals surface area contributed by atoms with E-state index in [0.29, 0.717) is 11.5 Å². The van der Waals surface area contributed by atoms with Gasteiger partial charge in [-0.05, 0) is 60.5 Å². The Bertz CT molecular complexity index is 453. The first-order valence-corrected chi connectivity index (χ1v) is 8.77. The monoisotopic (exact) mass is 275 g/mol. The van der Waals surface area contributed by atoms with Gasteiger partial charge in [0.15, 0.2) is 0 Å². The second kappa shape index (κ2) is 5.40. The molecule has 0 bridgehead atoms. The van der Waals surface area contributed by atoms with Crippen LogP contribution in [-0.2, 0) is 12.8 Å². The highest BCUT2D eigenvalue weighted by atomic mass is 32.2. The zero-order chi connectivity index (χ0) is 13.3. The molecule has 0 aromatic heterocycles. The lowest BCUT2D eigenvalue weighted by Crippen LogP contribution is -2.42. The summed E-state index contributed by atoms with van der Waals surface area (Å²) >= 11 is 2.10. The Balaban J connectivity index is 1.83. The average molecular weight is 275 g/mol. The molecule has 0 radical (unpaired) electrons. The van der Waals surface area contributed by atoms with E-state index in [9.17, 15) is 0 Å². The standard InChI is InChI=1S/C17H25NS/c1-17(2)10-11-19-12-16(17)18-15-9-5-7-13-6-3-4-8-14(13)15/h5,7,9,16,18H,3-4,6,8,10-12H2,1-2H3. The van der Waals surface area contributed by atoms with Gasteiger partial charge in [0, 0.05) is 17.5 Å². The molecule has 104 valence electrons. The third kappa shape index (κ3) is 2.79. The van der Waals surface area contributed by atoms with Gasteiger partial charge in [-0.2, -0.15) is 11.8 Å². The van der Waals surface area contributed by atoms with Crippen molar-refractivity contribution in [3.8, 4) is 0 Å². The van der Waals surface area contributed by atoms with Gasteiger partial charge in [-0.1, -0.05) is 26.0 Å². The molecule has 1 unspecified atom stereocenters. The highest BCUT2D eigenvalue weighted by molar-refractivity contribution is 7.99. The number of thioether (sulfide) groups is 1. The van der Waals surface area contributed by atoms with Gasteiger partial charge in [-0.25, -0.2) is 0 Å². The number of nitrogens with one attached hydrogen (secondary N) is 1. The predicted molar refractivity (Wildman–Crippen MR) is 86.2 cm³/mol. The van der Waals surface area contributed by atoms with Gasteiger partial charge in [0.05, 0.1) is 0 Å². The number of benzene rings is 1. The molecule has 1 nitrogen and oxygen atoms in total. The Morgan fingerprint density at radius 3 is 2.89 bits per heavy atom. The van der Waals surface area contributed by atoms with E-state index in [0.717, 1.165) is 0 Å². The zero-order valence-electron chi connectivity index (χ0n) is 12.2. The van der Waals surface area contributed by atoms with E-state index in [2.05, 4.69) is 49.1 Å². The van der Waals surface area contributed by atoms with Crippen molar-refractivity contribution >= 4 is 17.4 Å². The molecule has 1 N–H and O–H groups in total. The van der Waals surface area contributed by atoms with Crippen LogP contribution in [0.5, 0.6) is 0 Å². The third-order valence-electron chi connectivity index (χ3n) is 4.84. The van der Waals surface area contributed by atoms with Crippen LogP contribution in [0.3, 0.4) is 0 Å². The van der Waals surface area contributed by atoms with E-state index < -0.39 is 0 Å². The topological polar surface area (TPSA) is 12.0 Å². The number of aryl methyl sites for hydroxylation is 1. The molecule has 0 spiro atoms. The maximum Gasteiger partial charge on any atom is 0.0403 e. The van der Waals surface area contributed by atoms with Crippen LogP contribution in [0, 0.1) is 5.41 Å². The molecule has 0 saturated carbocycles. The SMILES string of the molecule is CC1(C)CCSCC1Nc1cccc2c1CCCC2. The summed E-state index contributed by atoms with van der Waals surface area (Å²) in [4.78, 5) is 0. The molecule has 1 aliphatic carbocycles. The van der Waals surface area contributed by atoms with E-state index >= 15 is 0 Å². The van der Waals surface area contributed by atoms with E-state index in [1.807, 2.05) is 0 Å². The Labute approximate surface area is 121 Å². The van der Waals surface area contributed by atoms with E-state index in [4.69, 9.17) is 0 Å². The van der Waals surface area contributed by atoms with Gasteiger partial charge in [0.2, 0.25) is 0 Å². The van der Waals surface area contributed by atoms with Crippen LogP contribution >= 0.6 is 11.8 Å². The van der Waals surface area contributed by atoms with Crippen LogP contribution in [0.25, 0.3) is 0 Å². The summed E-state index contributed by atoms with van der Waals surface area (Å²) in [5.41, 5.74) is 5.01. The van der Waals surface area contributed by atoms with Crippen LogP contribution < -0.4 is 5.32 Å². The lowest BCUT2D eigenvalue weighted by atomic mass is 9.81. The van der Waals surface area contributed by atoms with Crippen LogP contribution in [0.1, 0.15) is 44.2 Å². The fourth-order valence-electron chi connectivity index (χ4n) is 3.28. The molecule has 2 aliphatic rings. The Kier molecular flexibility index (Phi) is 3.79. The molecule has 3 rings (SSSR count). The molecule has 1 saturated heterocycles. The highest BCUT2D eigenvalue weighted by Gasteiger charge is 2.33. The van der Waals surface area contributed by atoms with Crippen LogP contribution in [-0.4, -0.2) is 17.5 Å². The van der Waals surface area contributed by atoms with Gasteiger partial charge >= 0.3 is 0 Å². The molecule has 2 heteroatoms. The minimum absolute atomic E-state index is 0.419. The van der Waals surface area contributed by atoms with E-state index in [-0.39, 0.29) is 0 Å². The lowest BCUT2D eigenvalue weighted by Gasteiger charge is -2.40. The predicted octanol–water partition coefficient (Wildman–Crippen LogP) is 4.51. The molecular weight excluding hydrogens is 250 g/mol. The first kappa shape index (κ1) is 13.4. The van der Waals surface area contributed by atoms with E-state index in [1.165, 1.54) is 49.3 Å². The van der Waals surface area contributed by atoms with Crippen molar-refractivity contribution in [3.05, 3.63) is 29.3 Å². The van der Waals surface area contributed by atoms with Gasteiger partial charge in [0.25, 0.3) is 0 Å². The van der Waals surface area contributed by atoms with Crippen molar-refractivity contribution in [3.63, 3.8) is 0 Å². The van der Waals surface area contributed by atoms with Crippen LogP contribution in [0.4, 0.5) is 5.69 Å². The molecule has 0 amide bonds. The molecule has 1 aromatic carbocycles. The summed E-state index contributed by atoms with van der Waals surface area (Å²) in [7, 11) is 0. The van der Waals surface area contributed by atoms with Crippen molar-refractivity contribution < 1.29 is 0 Å². The molecule has 1 aliphatic heterocycles. The number of hydrogen-bond acceptors (Lipinski definition) is 2. The summed E-state index contributed by atoms with van der Waals surface area (Å²) in [5.74, 6) is 2.56. The molecule has 1 fully saturated rings. The fourth-order valence-corrected chi connectivity index (χ4v) is 4.88. The minimum atomic E-state index is 0.419. The first-order chi connectivity index (χ1) is 9.17. The number of fused-ring (bicyclic) bond motifs is 1. The second-order valence-electron chi connectivity index (χ2n) is 6.66. The van der Waals surface area contributed by atoms with E-state index in [1.54, 1.807) is 11.1 Å². The second-order valence-corrected chi connectivity index (χ2v) is 7.81. The van der Waals surface area contributed by atoms with Gasteiger partial charge in [-0.3, -0.25) is 0 Å². The Hall–Kier alpha value is -0.630. The van der Waals surface area contributed by atoms with Gasteiger partial charge in [-0.15, -0.1) is 0 Å². The van der Waals surface area contributed by atoms with Crippen molar-refractivity contribution in [2.45, 2.75) is 52.0 Å². The maximum absolute atomic E-state index is 3.88. The Morgan fingerprint density at radius 1 is 1.21 bits per heavy atom.